The average Bonchev–Trinajstić information content (AvgIpc) is 3.22. The van der Waals surface area contributed by atoms with Crippen LogP contribution in [-0.2, 0) is 24.2 Å². The van der Waals surface area contributed by atoms with Crippen LogP contribution in [0.15, 0.2) is 36.4 Å². The van der Waals surface area contributed by atoms with Crippen molar-refractivity contribution in [3.05, 3.63) is 53.1 Å². The summed E-state index contributed by atoms with van der Waals surface area (Å²) in [6.07, 6.45) is 1.36. The maximum Gasteiger partial charge on any atom is 0.227 e. The lowest BCUT2D eigenvalue weighted by molar-refractivity contribution is -0.917. The van der Waals surface area contributed by atoms with E-state index in [1.165, 1.54) is 16.0 Å². The van der Waals surface area contributed by atoms with E-state index in [0.29, 0.717) is 12.2 Å². The molecule has 29 heavy (non-hydrogen) atoms. The van der Waals surface area contributed by atoms with Crippen LogP contribution >= 0.6 is 0 Å². The minimum atomic E-state index is 0.155. The highest BCUT2D eigenvalue weighted by molar-refractivity contribution is 5.79. The molecule has 1 saturated heterocycles. The number of carbonyl (C=O) groups excluding carboxylic acids is 1. The van der Waals surface area contributed by atoms with Crippen molar-refractivity contribution >= 4 is 5.91 Å². The number of benzene rings is 2. The van der Waals surface area contributed by atoms with Gasteiger partial charge in [0.1, 0.15) is 23.8 Å². The Morgan fingerprint density at radius 3 is 2.69 bits per heavy atom. The van der Waals surface area contributed by atoms with E-state index in [9.17, 15) is 4.79 Å². The van der Waals surface area contributed by atoms with Crippen molar-refractivity contribution in [2.24, 2.45) is 0 Å². The molecule has 6 nitrogen and oxygen atoms in total. The fraction of sp³-hybridized carbons (Fsp3) is 0.435. The van der Waals surface area contributed by atoms with Crippen LogP contribution in [0.4, 0.5) is 0 Å². The van der Waals surface area contributed by atoms with E-state index in [1.54, 1.807) is 14.2 Å². The molecule has 0 atom stereocenters. The minimum Gasteiger partial charge on any atom is -0.497 e. The second kappa shape index (κ2) is 8.74. The Bertz CT molecular complexity index is 875. The van der Waals surface area contributed by atoms with E-state index < -0.39 is 0 Å². The van der Waals surface area contributed by atoms with Gasteiger partial charge in [-0.05, 0) is 29.8 Å². The SMILES string of the molecule is COc1ccc(CC(=O)N2CC[NH+](Cc3ccc4c(c3)CCO4)CC2)c(OC)c1. The molecule has 1 N–H and O–H groups in total. The number of ether oxygens (including phenoxy) is 3. The van der Waals surface area contributed by atoms with E-state index in [4.69, 9.17) is 14.2 Å². The first-order valence-corrected chi connectivity index (χ1v) is 10.2. The van der Waals surface area contributed by atoms with Gasteiger partial charge in [-0.3, -0.25) is 4.79 Å². The summed E-state index contributed by atoms with van der Waals surface area (Å²) in [6.45, 7) is 5.33. The fourth-order valence-corrected chi connectivity index (χ4v) is 4.16. The summed E-state index contributed by atoms with van der Waals surface area (Å²) in [6, 6.07) is 12.2. The standard InChI is InChI=1S/C23H28N2O4/c1-27-20-5-4-18(22(15-20)28-2)14-23(26)25-10-8-24(9-11-25)16-17-3-6-21-19(13-17)7-12-29-21/h3-6,13,15H,7-12,14,16H2,1-2H3/p+1. The molecule has 0 radical (unpaired) electrons. The van der Waals surface area contributed by atoms with Gasteiger partial charge >= 0.3 is 0 Å². The van der Waals surface area contributed by atoms with Crippen LogP contribution in [-0.4, -0.2) is 57.8 Å². The third-order valence-electron chi connectivity index (χ3n) is 5.87. The zero-order valence-corrected chi connectivity index (χ0v) is 17.2. The van der Waals surface area contributed by atoms with Crippen molar-refractivity contribution in [2.45, 2.75) is 19.4 Å². The molecule has 2 aliphatic heterocycles. The molecule has 2 heterocycles. The molecule has 1 amide bonds. The summed E-state index contributed by atoms with van der Waals surface area (Å²) in [4.78, 5) is 16.3. The van der Waals surface area contributed by atoms with Crippen LogP contribution in [0.3, 0.4) is 0 Å². The predicted molar refractivity (Wildman–Crippen MR) is 110 cm³/mol. The molecule has 154 valence electrons. The summed E-state index contributed by atoms with van der Waals surface area (Å²) in [5.41, 5.74) is 3.57. The Kier molecular flexibility index (Phi) is 5.90. The minimum absolute atomic E-state index is 0.155. The van der Waals surface area contributed by atoms with Crippen LogP contribution in [0.1, 0.15) is 16.7 Å². The number of nitrogens with one attached hydrogen (secondary N) is 1. The maximum atomic E-state index is 12.8. The lowest BCUT2D eigenvalue weighted by Crippen LogP contribution is -3.13. The molecule has 0 saturated carbocycles. The molecule has 6 heteroatoms. The van der Waals surface area contributed by atoms with Gasteiger partial charge in [0.25, 0.3) is 0 Å². The first kappa shape index (κ1) is 19.6. The molecule has 0 unspecified atom stereocenters. The van der Waals surface area contributed by atoms with Gasteiger partial charge in [-0.1, -0.05) is 6.07 Å². The number of rotatable bonds is 6. The Morgan fingerprint density at radius 2 is 1.93 bits per heavy atom. The molecular weight excluding hydrogens is 368 g/mol. The highest BCUT2D eigenvalue weighted by Gasteiger charge is 2.25. The Balaban J connectivity index is 1.31. The first-order valence-electron chi connectivity index (χ1n) is 10.2. The number of fused-ring (bicyclic) bond motifs is 1. The van der Waals surface area contributed by atoms with Gasteiger partial charge in [-0.25, -0.2) is 0 Å². The van der Waals surface area contributed by atoms with E-state index in [-0.39, 0.29) is 5.91 Å². The summed E-state index contributed by atoms with van der Waals surface area (Å²) < 4.78 is 16.3. The van der Waals surface area contributed by atoms with Crippen LogP contribution in [0.25, 0.3) is 0 Å². The van der Waals surface area contributed by atoms with E-state index >= 15 is 0 Å². The number of quaternary nitrogens is 1. The summed E-state index contributed by atoms with van der Waals surface area (Å²) in [7, 11) is 3.24. The van der Waals surface area contributed by atoms with Crippen molar-refractivity contribution in [1.29, 1.82) is 0 Å². The zero-order chi connectivity index (χ0) is 20.2. The van der Waals surface area contributed by atoms with Gasteiger partial charge in [0.2, 0.25) is 5.91 Å². The first-order chi connectivity index (χ1) is 14.2. The molecule has 2 aliphatic rings. The highest BCUT2D eigenvalue weighted by atomic mass is 16.5. The van der Waals surface area contributed by atoms with E-state index in [2.05, 4.69) is 18.2 Å². The number of methoxy groups -OCH3 is 2. The number of carbonyl (C=O) groups is 1. The molecule has 0 bridgehead atoms. The fourth-order valence-electron chi connectivity index (χ4n) is 4.16. The van der Waals surface area contributed by atoms with Gasteiger partial charge in [0.15, 0.2) is 0 Å². The van der Waals surface area contributed by atoms with E-state index in [0.717, 1.165) is 62.8 Å². The third-order valence-corrected chi connectivity index (χ3v) is 5.87. The van der Waals surface area contributed by atoms with Crippen molar-refractivity contribution in [3.63, 3.8) is 0 Å². The number of amides is 1. The molecular formula is C23H29N2O4+. The summed E-state index contributed by atoms with van der Waals surface area (Å²) in [5.74, 6) is 2.62. The van der Waals surface area contributed by atoms with Crippen molar-refractivity contribution in [1.82, 2.24) is 4.90 Å². The Hall–Kier alpha value is -2.73. The monoisotopic (exact) mass is 397 g/mol. The Morgan fingerprint density at radius 1 is 1.10 bits per heavy atom. The quantitative estimate of drug-likeness (QED) is 0.794. The largest absolute Gasteiger partial charge is 0.497 e. The van der Waals surface area contributed by atoms with Gasteiger partial charge in [0, 0.05) is 23.6 Å². The van der Waals surface area contributed by atoms with Crippen molar-refractivity contribution < 1.29 is 23.9 Å². The van der Waals surface area contributed by atoms with Gasteiger partial charge in [0.05, 0.1) is 53.4 Å². The number of hydrogen-bond acceptors (Lipinski definition) is 4. The second-order valence-corrected chi connectivity index (χ2v) is 7.70. The maximum absolute atomic E-state index is 12.8. The van der Waals surface area contributed by atoms with Crippen LogP contribution < -0.4 is 19.1 Å². The van der Waals surface area contributed by atoms with Crippen LogP contribution in [0.2, 0.25) is 0 Å². The van der Waals surface area contributed by atoms with Gasteiger partial charge in [-0.15, -0.1) is 0 Å². The van der Waals surface area contributed by atoms with Crippen LogP contribution in [0.5, 0.6) is 17.2 Å². The smallest absolute Gasteiger partial charge is 0.227 e. The van der Waals surface area contributed by atoms with E-state index in [1.807, 2.05) is 23.1 Å². The highest BCUT2D eigenvalue weighted by Crippen LogP contribution is 2.26. The molecule has 1 fully saturated rings. The molecule has 4 rings (SSSR count). The summed E-state index contributed by atoms with van der Waals surface area (Å²) >= 11 is 0. The third kappa shape index (κ3) is 4.48. The van der Waals surface area contributed by atoms with Crippen LogP contribution in [0, 0.1) is 0 Å². The topological polar surface area (TPSA) is 52.4 Å². The number of nitrogens with zero attached hydrogens (tertiary/aromatic N) is 1. The molecule has 0 aliphatic carbocycles. The summed E-state index contributed by atoms with van der Waals surface area (Å²) in [5, 5.41) is 0. The Labute approximate surface area is 172 Å². The lowest BCUT2D eigenvalue weighted by Gasteiger charge is -2.32. The van der Waals surface area contributed by atoms with Crippen molar-refractivity contribution in [2.75, 3.05) is 47.0 Å². The van der Waals surface area contributed by atoms with Gasteiger partial charge in [-0.2, -0.15) is 0 Å². The van der Waals surface area contributed by atoms with Gasteiger partial charge < -0.3 is 24.0 Å². The number of piperazine rings is 1. The number of hydrogen-bond donors (Lipinski definition) is 1. The molecule has 2 aromatic rings. The second-order valence-electron chi connectivity index (χ2n) is 7.70. The normalized spacial score (nSPS) is 16.3. The molecule has 2 aromatic carbocycles. The zero-order valence-electron chi connectivity index (χ0n) is 17.2. The van der Waals surface area contributed by atoms with Crippen molar-refractivity contribution in [3.8, 4) is 17.2 Å². The predicted octanol–water partition coefficient (Wildman–Crippen LogP) is 1.11. The molecule has 0 aromatic heterocycles. The molecule has 0 spiro atoms. The lowest BCUT2D eigenvalue weighted by atomic mass is 10.1. The average molecular weight is 397 g/mol.